The average Bonchev–Trinajstić information content (AvgIpc) is 2.94. The average molecular weight is 405 g/mol. The first kappa shape index (κ1) is 21.2. The molecule has 0 spiro atoms. The summed E-state index contributed by atoms with van der Waals surface area (Å²) < 4.78 is 0.741. The number of nitrogens with zero attached hydrogens (tertiary/aromatic N) is 1. The molecule has 1 atom stereocenters. The van der Waals surface area contributed by atoms with E-state index in [9.17, 15) is 24.6 Å². The third-order valence-corrected chi connectivity index (χ3v) is 6.20. The molecule has 2 fully saturated rings. The van der Waals surface area contributed by atoms with E-state index in [0.717, 1.165) is 75.3 Å². The number of ketones is 1. The van der Waals surface area contributed by atoms with Gasteiger partial charge in [0.15, 0.2) is 0 Å². The molecule has 1 aromatic heterocycles. The summed E-state index contributed by atoms with van der Waals surface area (Å²) in [6.45, 7) is 0. The predicted octanol–water partition coefficient (Wildman–Crippen LogP) is 2.57. The first-order valence-corrected chi connectivity index (χ1v) is 10.7. The number of rotatable bonds is 6. The maximum atomic E-state index is 13.0. The number of carbonyl (C=O) groups is 3. The Balaban J connectivity index is 1.72. The number of Topliss-reactive ketones (excluding diaryl/α,β-unsaturated/α-hetero) is 1. The summed E-state index contributed by atoms with van der Waals surface area (Å²) in [6.07, 6.45) is 10.5. The second-order valence-electron chi connectivity index (χ2n) is 8.26. The number of nitrogens with one attached hydrogen (secondary N) is 2. The molecule has 160 valence electrons. The van der Waals surface area contributed by atoms with Crippen molar-refractivity contribution in [1.82, 2.24) is 9.99 Å². The standard InChI is InChI=1S/C21H31N3O5/c25-16-12-13-17(26)24(16)23-21(29)19(27)18(14-8-6-3-7-9-14)22-20(28)15-10-4-1-2-5-11-15/h12-15,18,25-26H,1-11H2,(H,22,28)(H,23,29). The van der Waals surface area contributed by atoms with E-state index >= 15 is 0 Å². The lowest BCUT2D eigenvalue weighted by Gasteiger charge is -2.30. The Morgan fingerprint density at radius 3 is 1.97 bits per heavy atom. The highest BCUT2D eigenvalue weighted by molar-refractivity contribution is 6.41. The van der Waals surface area contributed by atoms with E-state index in [2.05, 4.69) is 10.7 Å². The number of hydrogen-bond donors (Lipinski definition) is 4. The molecule has 0 aromatic carbocycles. The van der Waals surface area contributed by atoms with Gasteiger partial charge >= 0.3 is 5.91 Å². The van der Waals surface area contributed by atoms with Gasteiger partial charge < -0.3 is 15.5 Å². The van der Waals surface area contributed by atoms with Gasteiger partial charge in [0.25, 0.3) is 0 Å². The zero-order valence-corrected chi connectivity index (χ0v) is 16.7. The Labute approximate surface area is 170 Å². The van der Waals surface area contributed by atoms with Gasteiger partial charge in [0.1, 0.15) is 6.04 Å². The van der Waals surface area contributed by atoms with Gasteiger partial charge in [0, 0.05) is 18.1 Å². The highest BCUT2D eigenvalue weighted by atomic mass is 16.3. The number of aromatic nitrogens is 1. The molecule has 0 radical (unpaired) electrons. The van der Waals surface area contributed by atoms with Gasteiger partial charge in [0.2, 0.25) is 23.5 Å². The number of carbonyl (C=O) groups excluding carboxylic acids is 3. The largest absolute Gasteiger partial charge is 0.493 e. The molecule has 3 rings (SSSR count). The van der Waals surface area contributed by atoms with Crippen LogP contribution in [-0.2, 0) is 14.4 Å². The molecule has 0 aliphatic heterocycles. The lowest BCUT2D eigenvalue weighted by atomic mass is 9.81. The highest BCUT2D eigenvalue weighted by Crippen LogP contribution is 2.29. The summed E-state index contributed by atoms with van der Waals surface area (Å²) in [7, 11) is 0. The van der Waals surface area contributed by atoms with Gasteiger partial charge in [-0.1, -0.05) is 44.9 Å². The van der Waals surface area contributed by atoms with Gasteiger partial charge in [-0.05, 0) is 31.6 Å². The quantitative estimate of drug-likeness (QED) is 0.428. The van der Waals surface area contributed by atoms with Crippen molar-refractivity contribution in [3.05, 3.63) is 12.1 Å². The molecule has 2 saturated carbocycles. The van der Waals surface area contributed by atoms with Crippen LogP contribution >= 0.6 is 0 Å². The second kappa shape index (κ2) is 9.80. The number of aromatic hydroxyl groups is 2. The predicted molar refractivity (Wildman–Crippen MR) is 107 cm³/mol. The van der Waals surface area contributed by atoms with Crippen LogP contribution in [0, 0.1) is 11.8 Å². The second-order valence-corrected chi connectivity index (χ2v) is 8.26. The van der Waals surface area contributed by atoms with Crippen molar-refractivity contribution in [1.29, 1.82) is 0 Å². The van der Waals surface area contributed by atoms with E-state index in [4.69, 9.17) is 0 Å². The van der Waals surface area contributed by atoms with Gasteiger partial charge in [-0.3, -0.25) is 19.8 Å². The van der Waals surface area contributed by atoms with E-state index < -0.39 is 17.7 Å². The fourth-order valence-electron chi connectivity index (χ4n) is 4.51. The van der Waals surface area contributed by atoms with Gasteiger partial charge in [-0.25, -0.2) is 0 Å². The molecule has 0 bridgehead atoms. The smallest absolute Gasteiger partial charge is 0.308 e. The fraction of sp³-hybridized carbons (Fsp3) is 0.667. The summed E-state index contributed by atoms with van der Waals surface area (Å²) in [6, 6.07) is 1.52. The van der Waals surface area contributed by atoms with Gasteiger partial charge in [-0.15, -0.1) is 0 Å². The van der Waals surface area contributed by atoms with E-state index in [0.29, 0.717) is 0 Å². The SMILES string of the molecule is O=C(Nn1c(O)ccc1O)C(=O)C(NC(=O)C1CCCCCC1)C1CCCCC1. The molecule has 2 amide bonds. The zero-order chi connectivity index (χ0) is 20.8. The van der Waals surface area contributed by atoms with Crippen molar-refractivity contribution in [2.24, 2.45) is 11.8 Å². The topological polar surface area (TPSA) is 121 Å². The Kier molecular flexibility index (Phi) is 7.17. The first-order valence-electron chi connectivity index (χ1n) is 10.7. The van der Waals surface area contributed by atoms with Crippen molar-refractivity contribution in [3.63, 3.8) is 0 Å². The fourth-order valence-corrected chi connectivity index (χ4v) is 4.51. The molecule has 1 aromatic rings. The van der Waals surface area contributed by atoms with E-state index in [1.807, 2.05) is 0 Å². The van der Waals surface area contributed by atoms with Crippen LogP contribution in [0.2, 0.25) is 0 Å². The van der Waals surface area contributed by atoms with Gasteiger partial charge in [-0.2, -0.15) is 4.68 Å². The highest BCUT2D eigenvalue weighted by Gasteiger charge is 2.36. The van der Waals surface area contributed by atoms with Crippen LogP contribution in [0.15, 0.2) is 12.1 Å². The molecule has 0 saturated heterocycles. The molecule has 2 aliphatic carbocycles. The van der Waals surface area contributed by atoms with Crippen LogP contribution in [0.4, 0.5) is 0 Å². The number of amides is 2. The summed E-state index contributed by atoms with van der Waals surface area (Å²) >= 11 is 0. The van der Waals surface area contributed by atoms with Crippen molar-refractivity contribution < 1.29 is 24.6 Å². The molecule has 1 heterocycles. The first-order chi connectivity index (χ1) is 14.0. The molecule has 8 nitrogen and oxygen atoms in total. The Morgan fingerprint density at radius 1 is 0.862 bits per heavy atom. The molecule has 4 N–H and O–H groups in total. The normalized spacial score (nSPS) is 19.9. The zero-order valence-electron chi connectivity index (χ0n) is 16.7. The van der Waals surface area contributed by atoms with Crippen LogP contribution < -0.4 is 10.7 Å². The summed E-state index contributed by atoms with van der Waals surface area (Å²) in [4.78, 5) is 38.4. The van der Waals surface area contributed by atoms with Crippen LogP contribution in [0.5, 0.6) is 11.8 Å². The maximum Gasteiger partial charge on any atom is 0.308 e. The van der Waals surface area contributed by atoms with Crippen molar-refractivity contribution in [3.8, 4) is 11.8 Å². The minimum Gasteiger partial charge on any atom is -0.493 e. The van der Waals surface area contributed by atoms with Crippen LogP contribution in [0.25, 0.3) is 0 Å². The van der Waals surface area contributed by atoms with Gasteiger partial charge in [0.05, 0.1) is 0 Å². The molecule has 29 heavy (non-hydrogen) atoms. The lowest BCUT2D eigenvalue weighted by Crippen LogP contribution is -2.52. The monoisotopic (exact) mass is 405 g/mol. The van der Waals surface area contributed by atoms with E-state index in [-0.39, 0.29) is 29.5 Å². The number of hydrogen-bond acceptors (Lipinski definition) is 5. The molecular formula is C21H31N3O5. The third-order valence-electron chi connectivity index (χ3n) is 6.20. The van der Waals surface area contributed by atoms with Crippen molar-refractivity contribution in [2.75, 3.05) is 5.43 Å². The summed E-state index contributed by atoms with van der Waals surface area (Å²) in [5, 5.41) is 22.3. The molecule has 8 heteroatoms. The summed E-state index contributed by atoms with van der Waals surface area (Å²) in [5.74, 6) is -2.83. The minimum absolute atomic E-state index is 0.0800. The Bertz CT molecular complexity index is 711. The van der Waals surface area contributed by atoms with Crippen molar-refractivity contribution >= 4 is 17.6 Å². The molecule has 1 unspecified atom stereocenters. The van der Waals surface area contributed by atoms with E-state index in [1.165, 1.54) is 12.1 Å². The lowest BCUT2D eigenvalue weighted by molar-refractivity contribution is -0.139. The van der Waals surface area contributed by atoms with E-state index in [1.54, 1.807) is 0 Å². The van der Waals surface area contributed by atoms with Crippen LogP contribution in [0.1, 0.15) is 70.6 Å². The Morgan fingerprint density at radius 2 is 1.38 bits per heavy atom. The third kappa shape index (κ3) is 5.31. The summed E-state index contributed by atoms with van der Waals surface area (Å²) in [5.41, 5.74) is 2.22. The maximum absolute atomic E-state index is 13.0. The van der Waals surface area contributed by atoms with Crippen molar-refractivity contribution in [2.45, 2.75) is 76.7 Å². The molecular weight excluding hydrogens is 374 g/mol. The minimum atomic E-state index is -0.969. The van der Waals surface area contributed by atoms with Crippen LogP contribution in [0.3, 0.4) is 0 Å². The molecule has 2 aliphatic rings. The Hall–Kier alpha value is -2.51. The van der Waals surface area contributed by atoms with Crippen LogP contribution in [-0.4, -0.2) is 38.5 Å².